The maximum absolute atomic E-state index is 11.1. The Morgan fingerprint density at radius 2 is 1.76 bits per heavy atom. The van der Waals surface area contributed by atoms with Gasteiger partial charge in [-0.2, -0.15) is 0 Å². The fourth-order valence-electron chi connectivity index (χ4n) is 3.52. The van der Waals surface area contributed by atoms with Crippen molar-refractivity contribution in [1.82, 2.24) is 4.98 Å². The van der Waals surface area contributed by atoms with Crippen LogP contribution in [0.3, 0.4) is 0 Å². The summed E-state index contributed by atoms with van der Waals surface area (Å²) in [6.45, 7) is 8.50. The summed E-state index contributed by atoms with van der Waals surface area (Å²) in [7, 11) is 0. The van der Waals surface area contributed by atoms with E-state index in [1.807, 2.05) is 18.2 Å². The van der Waals surface area contributed by atoms with E-state index in [0.29, 0.717) is 12.0 Å². The van der Waals surface area contributed by atoms with Crippen LogP contribution in [-0.4, -0.2) is 15.2 Å². The highest BCUT2D eigenvalue weighted by Crippen LogP contribution is 2.41. The van der Waals surface area contributed by atoms with Gasteiger partial charge in [-0.15, -0.1) is 0 Å². The predicted molar refractivity (Wildman–Crippen MR) is 122 cm³/mol. The van der Waals surface area contributed by atoms with E-state index in [9.17, 15) is 10.2 Å². The van der Waals surface area contributed by atoms with Crippen molar-refractivity contribution < 1.29 is 10.2 Å². The number of aromatic nitrogens is 1. The normalized spacial score (nSPS) is 11.5. The molecule has 0 aliphatic rings. The Hall–Kier alpha value is -2.55. The van der Waals surface area contributed by atoms with Crippen LogP contribution in [0.5, 0.6) is 11.5 Å². The van der Waals surface area contributed by atoms with Crippen LogP contribution >= 0.6 is 0 Å². The lowest BCUT2D eigenvalue weighted by Gasteiger charge is -2.17. The fourth-order valence-corrected chi connectivity index (χ4v) is 3.52. The number of hydrogen-bond donors (Lipinski definition) is 2. The van der Waals surface area contributed by atoms with Gasteiger partial charge in [-0.05, 0) is 82.2 Å². The average molecular weight is 394 g/mol. The smallest absolute Gasteiger partial charge is 0.130 e. The van der Waals surface area contributed by atoms with Gasteiger partial charge in [0.15, 0.2) is 0 Å². The van der Waals surface area contributed by atoms with E-state index in [1.54, 1.807) is 12.4 Å². The van der Waals surface area contributed by atoms with Gasteiger partial charge in [0.25, 0.3) is 0 Å². The summed E-state index contributed by atoms with van der Waals surface area (Å²) in [6.07, 6.45) is 14.5. The molecule has 156 valence electrons. The molecule has 2 N–H and O–H groups in total. The molecule has 0 aliphatic carbocycles. The minimum atomic E-state index is 0.181. The zero-order valence-corrected chi connectivity index (χ0v) is 18.3. The van der Waals surface area contributed by atoms with Gasteiger partial charge in [-0.3, -0.25) is 4.98 Å². The summed E-state index contributed by atoms with van der Waals surface area (Å²) >= 11 is 0. The third-order valence-corrected chi connectivity index (χ3v) is 5.23. The monoisotopic (exact) mass is 393 g/mol. The zero-order valence-electron chi connectivity index (χ0n) is 18.3. The molecule has 0 radical (unpaired) electrons. The quantitative estimate of drug-likeness (QED) is 0.333. The van der Waals surface area contributed by atoms with Crippen LogP contribution in [0.1, 0.15) is 70.9 Å². The highest BCUT2D eigenvalue weighted by molar-refractivity contribution is 5.77. The number of unbranched alkanes of at least 4 members (excludes halogenated alkanes) is 2. The number of nitrogens with zero attached hydrogens (tertiary/aromatic N) is 1. The Bertz CT molecular complexity index is 847. The number of allylic oxidation sites excluding steroid dienone is 4. The van der Waals surface area contributed by atoms with E-state index in [1.165, 1.54) is 11.1 Å². The summed E-state index contributed by atoms with van der Waals surface area (Å²) in [5.41, 5.74) is 5.94. The van der Waals surface area contributed by atoms with Crippen molar-refractivity contribution in [1.29, 1.82) is 0 Å². The molecule has 0 aliphatic heterocycles. The standard InChI is InChI=1S/C26H35NO2/c1-5-6-7-11-22-18-24(28)23(13-12-20(4)10-8-9-19(2)3)26(29)25(22)21-14-16-27-17-15-21/h9,12,14-18,28-29H,5-8,10-11,13H2,1-4H3. The van der Waals surface area contributed by atoms with Crippen LogP contribution in [0.2, 0.25) is 0 Å². The Labute approximate surface area is 175 Å². The maximum atomic E-state index is 11.1. The van der Waals surface area contributed by atoms with Gasteiger partial charge in [-0.1, -0.05) is 43.1 Å². The first-order valence-corrected chi connectivity index (χ1v) is 10.7. The van der Waals surface area contributed by atoms with Crippen LogP contribution in [0, 0.1) is 0 Å². The third kappa shape index (κ3) is 6.77. The molecule has 3 nitrogen and oxygen atoms in total. The molecule has 0 fully saturated rings. The van der Waals surface area contributed by atoms with Crippen LogP contribution in [0.25, 0.3) is 11.1 Å². The molecule has 1 aromatic carbocycles. The third-order valence-electron chi connectivity index (χ3n) is 5.23. The average Bonchev–Trinajstić information content (AvgIpc) is 2.68. The molecule has 0 spiro atoms. The maximum Gasteiger partial charge on any atom is 0.130 e. The lowest BCUT2D eigenvalue weighted by atomic mass is 9.91. The number of rotatable bonds is 10. The molecule has 1 heterocycles. The van der Waals surface area contributed by atoms with E-state index < -0.39 is 0 Å². The summed E-state index contributed by atoms with van der Waals surface area (Å²) in [5, 5.41) is 21.8. The summed E-state index contributed by atoms with van der Waals surface area (Å²) in [6, 6.07) is 5.67. The van der Waals surface area contributed by atoms with E-state index in [2.05, 4.69) is 44.8 Å². The van der Waals surface area contributed by atoms with Crippen LogP contribution in [0.15, 0.2) is 53.9 Å². The number of phenols is 2. The van der Waals surface area contributed by atoms with E-state index in [4.69, 9.17) is 0 Å². The number of pyridine rings is 1. The molecule has 0 atom stereocenters. The fraction of sp³-hybridized carbons (Fsp3) is 0.423. The van der Waals surface area contributed by atoms with Crippen molar-refractivity contribution in [3.8, 4) is 22.6 Å². The van der Waals surface area contributed by atoms with Crippen LogP contribution in [-0.2, 0) is 12.8 Å². The summed E-state index contributed by atoms with van der Waals surface area (Å²) < 4.78 is 0. The lowest BCUT2D eigenvalue weighted by Crippen LogP contribution is -1.97. The predicted octanol–water partition coefficient (Wildman–Crippen LogP) is 7.13. The van der Waals surface area contributed by atoms with Gasteiger partial charge in [0.05, 0.1) is 0 Å². The second-order valence-electron chi connectivity index (χ2n) is 8.02. The van der Waals surface area contributed by atoms with Crippen molar-refractivity contribution in [3.05, 3.63) is 65.0 Å². The SMILES string of the molecule is CCCCCc1cc(O)c(CC=C(C)CCC=C(C)C)c(O)c1-c1ccncc1. The molecule has 3 heteroatoms. The molecular weight excluding hydrogens is 358 g/mol. The van der Waals surface area contributed by atoms with Crippen molar-refractivity contribution in [2.75, 3.05) is 0 Å². The molecule has 1 aromatic heterocycles. The van der Waals surface area contributed by atoms with E-state index in [-0.39, 0.29) is 11.5 Å². The molecule has 0 amide bonds. The first kappa shape index (κ1) is 22.7. The lowest BCUT2D eigenvalue weighted by molar-refractivity contribution is 0.440. The molecule has 0 bridgehead atoms. The second-order valence-corrected chi connectivity index (χ2v) is 8.02. The Morgan fingerprint density at radius 1 is 1.03 bits per heavy atom. The van der Waals surface area contributed by atoms with Crippen LogP contribution < -0.4 is 0 Å². The molecule has 2 aromatic rings. The van der Waals surface area contributed by atoms with Gasteiger partial charge in [-0.25, -0.2) is 0 Å². The minimum Gasteiger partial charge on any atom is -0.508 e. The van der Waals surface area contributed by atoms with Gasteiger partial charge in [0.2, 0.25) is 0 Å². The topological polar surface area (TPSA) is 53.4 Å². The number of benzene rings is 1. The number of aromatic hydroxyl groups is 2. The largest absolute Gasteiger partial charge is 0.508 e. The van der Waals surface area contributed by atoms with E-state index in [0.717, 1.165) is 55.2 Å². The first-order valence-electron chi connectivity index (χ1n) is 10.7. The number of hydrogen-bond acceptors (Lipinski definition) is 3. The van der Waals surface area contributed by atoms with Crippen molar-refractivity contribution in [3.63, 3.8) is 0 Å². The number of phenolic OH excluding ortho intramolecular Hbond substituents is 2. The molecule has 2 rings (SSSR count). The summed E-state index contributed by atoms with van der Waals surface area (Å²) in [4.78, 5) is 4.10. The Balaban J connectivity index is 2.34. The Morgan fingerprint density at radius 3 is 2.41 bits per heavy atom. The van der Waals surface area contributed by atoms with Gasteiger partial charge in [0.1, 0.15) is 11.5 Å². The van der Waals surface area contributed by atoms with E-state index >= 15 is 0 Å². The van der Waals surface area contributed by atoms with Gasteiger partial charge in [0, 0.05) is 23.5 Å². The zero-order chi connectivity index (χ0) is 21.2. The van der Waals surface area contributed by atoms with Crippen molar-refractivity contribution >= 4 is 0 Å². The molecule has 29 heavy (non-hydrogen) atoms. The highest BCUT2D eigenvalue weighted by Gasteiger charge is 2.18. The molecule has 0 unspecified atom stereocenters. The second kappa shape index (κ2) is 11.5. The first-order chi connectivity index (χ1) is 13.9. The van der Waals surface area contributed by atoms with Crippen molar-refractivity contribution in [2.45, 2.75) is 72.6 Å². The molecule has 0 saturated heterocycles. The molecule has 0 saturated carbocycles. The minimum absolute atomic E-state index is 0.181. The van der Waals surface area contributed by atoms with Crippen LogP contribution in [0.4, 0.5) is 0 Å². The number of aryl methyl sites for hydroxylation is 1. The Kier molecular flexibility index (Phi) is 8.98. The van der Waals surface area contributed by atoms with Crippen molar-refractivity contribution in [2.24, 2.45) is 0 Å². The summed E-state index contributed by atoms with van der Waals surface area (Å²) in [5.74, 6) is 0.371. The van der Waals surface area contributed by atoms with Gasteiger partial charge >= 0.3 is 0 Å². The molecular formula is C26H35NO2. The highest BCUT2D eigenvalue weighted by atomic mass is 16.3. The van der Waals surface area contributed by atoms with Gasteiger partial charge < -0.3 is 10.2 Å².